The molecule has 24 heavy (non-hydrogen) atoms. The molecule has 2 rings (SSSR count). The highest BCUT2D eigenvalue weighted by Crippen LogP contribution is 2.19. The first-order valence-electron chi connectivity index (χ1n) is 7.98. The summed E-state index contributed by atoms with van der Waals surface area (Å²) >= 11 is 0. The van der Waals surface area contributed by atoms with E-state index in [0.717, 1.165) is 0 Å². The van der Waals surface area contributed by atoms with Crippen LogP contribution in [0, 0.1) is 5.82 Å². The van der Waals surface area contributed by atoms with Gasteiger partial charge in [0.1, 0.15) is 6.10 Å². The molecule has 0 saturated carbocycles. The van der Waals surface area contributed by atoms with Gasteiger partial charge in [-0.2, -0.15) is 0 Å². The molecule has 1 saturated heterocycles. The molecule has 0 aliphatic carbocycles. The van der Waals surface area contributed by atoms with Gasteiger partial charge in [0.05, 0.1) is 26.4 Å². The molecule has 0 bridgehead atoms. The van der Waals surface area contributed by atoms with Crippen molar-refractivity contribution in [3.05, 3.63) is 41.2 Å². The Morgan fingerprint density at radius 3 is 2.96 bits per heavy atom. The maximum absolute atomic E-state index is 13.5. The Kier molecular flexibility index (Phi) is 6.75. The molecule has 1 aromatic rings. The largest absolute Gasteiger partial charge is 0.494 e. The molecule has 1 amide bonds. The van der Waals surface area contributed by atoms with E-state index in [1.165, 1.54) is 30.9 Å². The van der Waals surface area contributed by atoms with Crippen molar-refractivity contribution in [3.63, 3.8) is 0 Å². The number of halogens is 1. The fourth-order valence-corrected chi connectivity index (χ4v) is 2.43. The number of hydrogen-bond acceptors (Lipinski definition) is 4. The molecule has 6 heteroatoms. The first kappa shape index (κ1) is 18.4. The smallest absolute Gasteiger partial charge is 0.251 e. The van der Waals surface area contributed by atoms with Crippen molar-refractivity contribution in [2.45, 2.75) is 32.4 Å². The van der Waals surface area contributed by atoms with Gasteiger partial charge in [-0.05, 0) is 38.5 Å². The number of rotatable bonds is 6. The highest BCUT2D eigenvalue weighted by atomic mass is 19.1. The van der Waals surface area contributed by atoms with E-state index in [9.17, 15) is 9.18 Å². The van der Waals surface area contributed by atoms with Crippen LogP contribution < -0.4 is 10.1 Å². The Bertz CT molecular complexity index is 599. The zero-order chi connectivity index (χ0) is 17.5. The van der Waals surface area contributed by atoms with Crippen LogP contribution in [-0.2, 0) is 9.47 Å². The van der Waals surface area contributed by atoms with Gasteiger partial charge in [-0.1, -0.05) is 11.6 Å². The second kappa shape index (κ2) is 8.80. The van der Waals surface area contributed by atoms with Crippen LogP contribution in [0.15, 0.2) is 29.8 Å². The van der Waals surface area contributed by atoms with Crippen molar-refractivity contribution in [1.29, 1.82) is 0 Å². The molecular weight excluding hydrogens is 313 g/mol. The van der Waals surface area contributed by atoms with E-state index < -0.39 is 5.82 Å². The van der Waals surface area contributed by atoms with Gasteiger partial charge >= 0.3 is 0 Å². The zero-order valence-corrected chi connectivity index (χ0v) is 14.3. The van der Waals surface area contributed by atoms with E-state index in [1.54, 1.807) is 0 Å². The number of nitrogens with one attached hydrogen (secondary N) is 1. The normalized spacial score (nSPS) is 20.3. The van der Waals surface area contributed by atoms with Crippen LogP contribution in [0.2, 0.25) is 0 Å². The fraction of sp³-hybridized carbons (Fsp3) is 0.500. The van der Waals surface area contributed by atoms with Crippen LogP contribution in [0.5, 0.6) is 5.75 Å². The van der Waals surface area contributed by atoms with Crippen LogP contribution in [0.4, 0.5) is 4.39 Å². The van der Waals surface area contributed by atoms with Gasteiger partial charge in [-0.3, -0.25) is 4.79 Å². The first-order valence-corrected chi connectivity index (χ1v) is 7.98. The summed E-state index contributed by atoms with van der Waals surface area (Å²) in [6.45, 7) is 5.49. The number of amides is 1. The number of benzene rings is 1. The average Bonchev–Trinajstić information content (AvgIpc) is 2.56. The predicted octanol–water partition coefficient (Wildman–Crippen LogP) is 2.70. The minimum Gasteiger partial charge on any atom is -0.494 e. The molecule has 1 fully saturated rings. The summed E-state index contributed by atoms with van der Waals surface area (Å²) in [5.74, 6) is -0.731. The number of carbonyl (C=O) groups is 1. The summed E-state index contributed by atoms with van der Waals surface area (Å²) in [5, 5.41) is 2.95. The predicted molar refractivity (Wildman–Crippen MR) is 88.8 cm³/mol. The second-order valence-electron chi connectivity index (χ2n) is 5.95. The van der Waals surface area contributed by atoms with Crippen molar-refractivity contribution >= 4 is 5.91 Å². The third-order valence-corrected chi connectivity index (χ3v) is 3.84. The Labute approximate surface area is 141 Å². The Morgan fingerprint density at radius 1 is 1.46 bits per heavy atom. The quantitative estimate of drug-likeness (QED) is 0.811. The van der Waals surface area contributed by atoms with Crippen molar-refractivity contribution in [3.8, 4) is 5.75 Å². The lowest BCUT2D eigenvalue weighted by molar-refractivity contribution is -0.0589. The topological polar surface area (TPSA) is 56.8 Å². The minimum atomic E-state index is -0.497. The van der Waals surface area contributed by atoms with Crippen molar-refractivity contribution in [2.24, 2.45) is 0 Å². The lowest BCUT2D eigenvalue weighted by atomic mass is 10.0. The van der Waals surface area contributed by atoms with Gasteiger partial charge in [-0.15, -0.1) is 0 Å². The summed E-state index contributed by atoms with van der Waals surface area (Å²) in [6.07, 6.45) is 2.45. The van der Waals surface area contributed by atoms with Crippen LogP contribution >= 0.6 is 0 Å². The van der Waals surface area contributed by atoms with E-state index in [2.05, 4.69) is 5.32 Å². The third kappa shape index (κ3) is 5.04. The lowest BCUT2D eigenvalue weighted by Crippen LogP contribution is -2.50. The van der Waals surface area contributed by atoms with Crippen molar-refractivity contribution < 1.29 is 23.4 Å². The van der Waals surface area contributed by atoms with E-state index in [4.69, 9.17) is 14.2 Å². The van der Waals surface area contributed by atoms with E-state index in [1.807, 2.05) is 19.9 Å². The lowest BCUT2D eigenvalue weighted by Gasteiger charge is -2.32. The van der Waals surface area contributed by atoms with Gasteiger partial charge < -0.3 is 19.5 Å². The highest BCUT2D eigenvalue weighted by Gasteiger charge is 2.28. The van der Waals surface area contributed by atoms with Gasteiger partial charge in [0, 0.05) is 12.2 Å². The van der Waals surface area contributed by atoms with Crippen LogP contribution in [0.25, 0.3) is 0 Å². The van der Waals surface area contributed by atoms with E-state index in [-0.39, 0.29) is 23.8 Å². The Morgan fingerprint density at radius 2 is 2.25 bits per heavy atom. The standard InChI is InChI=1S/C18H24FNO4/c1-12(2)6-9-24-17-11-23-8-7-15(17)20-18(21)13-4-5-14(19)16(10-13)22-3/h4-6,10,15,17H,7-9,11H2,1-3H3,(H,20,21)/t15-,17-/m1/s1. The molecule has 1 N–H and O–H groups in total. The second-order valence-corrected chi connectivity index (χ2v) is 5.95. The first-order chi connectivity index (χ1) is 11.5. The van der Waals surface area contributed by atoms with Crippen molar-refractivity contribution in [2.75, 3.05) is 26.9 Å². The SMILES string of the molecule is COc1cc(C(=O)N[C@@H]2CCOC[C@H]2OCC=C(C)C)ccc1F. The molecule has 132 valence electrons. The molecular formula is C18H24FNO4. The van der Waals surface area contributed by atoms with Gasteiger partial charge in [0.2, 0.25) is 0 Å². The Hall–Kier alpha value is -1.92. The number of allylic oxidation sites excluding steroid dienone is 1. The Balaban J connectivity index is 2.01. The number of hydrogen-bond donors (Lipinski definition) is 1. The molecule has 0 unspecified atom stereocenters. The summed E-state index contributed by atoms with van der Waals surface area (Å²) in [4.78, 5) is 12.4. The van der Waals surface area contributed by atoms with Gasteiger partial charge in [-0.25, -0.2) is 4.39 Å². The van der Waals surface area contributed by atoms with Crippen molar-refractivity contribution in [1.82, 2.24) is 5.32 Å². The number of ether oxygens (including phenoxy) is 3. The van der Waals surface area contributed by atoms with E-state index >= 15 is 0 Å². The summed E-state index contributed by atoms with van der Waals surface area (Å²) in [7, 11) is 1.37. The van der Waals surface area contributed by atoms with E-state index in [0.29, 0.717) is 31.8 Å². The molecule has 1 heterocycles. The van der Waals surface area contributed by atoms with Gasteiger partial charge in [0.15, 0.2) is 11.6 Å². The monoisotopic (exact) mass is 337 g/mol. The summed E-state index contributed by atoms with van der Waals surface area (Å²) in [5.41, 5.74) is 1.52. The summed E-state index contributed by atoms with van der Waals surface area (Å²) in [6, 6.07) is 3.91. The maximum Gasteiger partial charge on any atom is 0.251 e. The molecule has 1 aliphatic heterocycles. The van der Waals surface area contributed by atoms with Crippen LogP contribution in [0.1, 0.15) is 30.6 Å². The minimum absolute atomic E-state index is 0.0472. The van der Waals surface area contributed by atoms with Crippen LogP contribution in [0.3, 0.4) is 0 Å². The average molecular weight is 337 g/mol. The molecule has 0 radical (unpaired) electrons. The van der Waals surface area contributed by atoms with Crippen LogP contribution in [-0.4, -0.2) is 45.0 Å². The zero-order valence-electron chi connectivity index (χ0n) is 14.3. The third-order valence-electron chi connectivity index (χ3n) is 3.84. The molecule has 0 spiro atoms. The molecule has 2 atom stereocenters. The fourth-order valence-electron chi connectivity index (χ4n) is 2.43. The van der Waals surface area contributed by atoms with Gasteiger partial charge in [0.25, 0.3) is 5.91 Å². The maximum atomic E-state index is 13.5. The number of carbonyl (C=O) groups excluding carboxylic acids is 1. The molecule has 1 aromatic carbocycles. The molecule has 1 aliphatic rings. The molecule has 0 aromatic heterocycles. The number of methoxy groups -OCH3 is 1. The summed E-state index contributed by atoms with van der Waals surface area (Å²) < 4.78 is 29.6. The molecule has 5 nitrogen and oxygen atoms in total. The highest BCUT2D eigenvalue weighted by molar-refractivity contribution is 5.94.